The Morgan fingerprint density at radius 3 is 2.52 bits per heavy atom. The molecule has 6 aromatic heterocycles. The van der Waals surface area contributed by atoms with Gasteiger partial charge in [0, 0.05) is 38.7 Å². The maximum Gasteiger partial charge on any atom is 0.304 e. The molecule has 0 saturated carbocycles. The Bertz CT molecular complexity index is 2150. The number of anilines is 1. The van der Waals surface area contributed by atoms with Gasteiger partial charge in [0.25, 0.3) is 0 Å². The SMILES string of the molecule is CCCC[S+]([O-])c1nc2ccc(-c3cc(-c4cnc(-c5cc(-c6ccccc6)c6c(N)c([S+]([O-])C(C)C)sc6n5)o4)cs3)nc2s1. The summed E-state index contributed by atoms with van der Waals surface area (Å²) in [7, 11) is 0. The van der Waals surface area contributed by atoms with Crippen LogP contribution in [0.15, 0.2) is 79.1 Å². The summed E-state index contributed by atoms with van der Waals surface area (Å²) in [5, 5.41) is 2.74. The van der Waals surface area contributed by atoms with Crippen molar-refractivity contribution in [1.82, 2.24) is 19.9 Å². The zero-order valence-corrected chi connectivity index (χ0v) is 29.3. The number of oxazole rings is 1. The number of nitrogens with zero attached hydrogens (tertiary/aromatic N) is 4. The smallest absolute Gasteiger partial charge is 0.304 e. The van der Waals surface area contributed by atoms with E-state index in [4.69, 9.17) is 20.1 Å². The van der Waals surface area contributed by atoms with Crippen LogP contribution in [0, 0.1) is 0 Å². The summed E-state index contributed by atoms with van der Waals surface area (Å²) in [6.07, 6.45) is 3.61. The fourth-order valence-electron chi connectivity index (χ4n) is 4.94. The molecule has 46 heavy (non-hydrogen) atoms. The van der Waals surface area contributed by atoms with E-state index in [-0.39, 0.29) is 5.25 Å². The van der Waals surface area contributed by atoms with Crippen molar-refractivity contribution >= 4 is 82.6 Å². The average molecular weight is 704 g/mol. The molecule has 0 fully saturated rings. The highest BCUT2D eigenvalue weighted by Crippen LogP contribution is 2.44. The molecule has 234 valence electrons. The van der Waals surface area contributed by atoms with Crippen LogP contribution in [0.25, 0.3) is 65.2 Å². The van der Waals surface area contributed by atoms with Gasteiger partial charge >= 0.3 is 4.34 Å². The van der Waals surface area contributed by atoms with Crippen LogP contribution in [0.1, 0.15) is 33.6 Å². The summed E-state index contributed by atoms with van der Waals surface area (Å²) in [4.78, 5) is 21.3. The monoisotopic (exact) mass is 703 g/mol. The number of hydrogen-bond acceptors (Lipinski definition) is 11. The number of thiophene rings is 2. The average Bonchev–Trinajstić information content (AvgIpc) is 3.88. The third kappa shape index (κ3) is 5.97. The highest BCUT2D eigenvalue weighted by Gasteiger charge is 2.27. The molecule has 0 radical (unpaired) electrons. The van der Waals surface area contributed by atoms with Crippen molar-refractivity contribution in [2.24, 2.45) is 0 Å². The third-order valence-corrected chi connectivity index (χ3v) is 14.1. The number of benzene rings is 1. The molecule has 0 spiro atoms. The van der Waals surface area contributed by atoms with Gasteiger partial charge in [0.05, 0.1) is 16.8 Å². The second-order valence-electron chi connectivity index (χ2n) is 10.9. The number of thiazole rings is 1. The minimum atomic E-state index is -1.25. The summed E-state index contributed by atoms with van der Waals surface area (Å²) in [5.41, 5.74) is 12.0. The van der Waals surface area contributed by atoms with E-state index in [1.54, 1.807) is 17.5 Å². The zero-order valence-electron chi connectivity index (χ0n) is 25.2. The van der Waals surface area contributed by atoms with Gasteiger partial charge in [-0.1, -0.05) is 55.0 Å². The molecule has 0 aliphatic carbocycles. The standard InChI is InChI=1S/C33H29N5O3S5/c1-4-5-13-45(39)33-38-23-12-11-22(36-30(23)44-33)26-14-20(17-42-26)25-16-35-29(41-25)24-15-21(19-9-7-6-8-10-19)27-28(34)32(43-31(27)37-24)46(40)18(2)3/h6-12,14-18H,4-5,13,34H2,1-3H3. The van der Waals surface area contributed by atoms with Crippen molar-refractivity contribution in [2.75, 3.05) is 11.5 Å². The summed E-state index contributed by atoms with van der Waals surface area (Å²) in [6.45, 7) is 5.93. The van der Waals surface area contributed by atoms with E-state index in [0.717, 1.165) is 55.8 Å². The maximum absolute atomic E-state index is 13.1. The number of nitrogens with two attached hydrogens (primary N) is 1. The molecule has 7 aromatic rings. The highest BCUT2D eigenvalue weighted by atomic mass is 32.2. The van der Waals surface area contributed by atoms with Gasteiger partial charge in [-0.15, -0.1) is 11.3 Å². The van der Waals surface area contributed by atoms with Gasteiger partial charge in [-0.3, -0.25) is 0 Å². The number of pyridine rings is 2. The van der Waals surface area contributed by atoms with E-state index in [0.29, 0.717) is 42.2 Å². The maximum atomic E-state index is 13.1. The van der Waals surface area contributed by atoms with Crippen LogP contribution in [0.3, 0.4) is 0 Å². The fraction of sp³-hybridized carbons (Fsp3) is 0.212. The quantitative estimate of drug-likeness (QED) is 0.139. The van der Waals surface area contributed by atoms with Gasteiger partial charge in [-0.2, -0.15) is 4.98 Å². The first-order valence-electron chi connectivity index (χ1n) is 14.7. The predicted octanol–water partition coefficient (Wildman–Crippen LogP) is 9.02. The van der Waals surface area contributed by atoms with Gasteiger partial charge in [0.1, 0.15) is 37.6 Å². The minimum absolute atomic E-state index is 0.0718. The molecule has 13 heteroatoms. The minimum Gasteiger partial charge on any atom is -0.611 e. The summed E-state index contributed by atoms with van der Waals surface area (Å²) < 4.78 is 33.3. The number of hydrogen-bond donors (Lipinski definition) is 1. The number of rotatable bonds is 10. The van der Waals surface area contributed by atoms with Crippen LogP contribution in [0.4, 0.5) is 5.69 Å². The van der Waals surface area contributed by atoms with Crippen LogP contribution in [-0.2, 0) is 22.4 Å². The van der Waals surface area contributed by atoms with Crippen molar-refractivity contribution in [3.63, 3.8) is 0 Å². The normalized spacial score (nSPS) is 13.3. The van der Waals surface area contributed by atoms with Crippen molar-refractivity contribution in [3.05, 3.63) is 66.2 Å². The van der Waals surface area contributed by atoms with E-state index in [2.05, 4.69) is 16.9 Å². The molecule has 2 N–H and O–H groups in total. The van der Waals surface area contributed by atoms with Gasteiger partial charge in [-0.05, 0) is 67.0 Å². The first-order chi connectivity index (χ1) is 22.3. The lowest BCUT2D eigenvalue weighted by Gasteiger charge is -2.12. The molecule has 8 nitrogen and oxygen atoms in total. The lowest BCUT2D eigenvalue weighted by atomic mass is 10.0. The summed E-state index contributed by atoms with van der Waals surface area (Å²) in [5.74, 6) is 1.61. The zero-order chi connectivity index (χ0) is 31.9. The van der Waals surface area contributed by atoms with Crippen molar-refractivity contribution < 1.29 is 13.5 Å². The first-order valence-corrected chi connectivity index (χ1v) is 19.8. The molecule has 0 amide bonds. The molecule has 2 unspecified atom stereocenters. The third-order valence-electron chi connectivity index (χ3n) is 7.34. The molecule has 0 aliphatic heterocycles. The van der Waals surface area contributed by atoms with E-state index in [1.807, 2.05) is 73.8 Å². The van der Waals surface area contributed by atoms with Crippen LogP contribution in [0.5, 0.6) is 0 Å². The van der Waals surface area contributed by atoms with E-state index in [9.17, 15) is 9.11 Å². The Morgan fingerprint density at radius 2 is 1.74 bits per heavy atom. The lowest BCUT2D eigenvalue weighted by Crippen LogP contribution is -2.13. The molecular formula is C33H29N5O3S5. The van der Waals surface area contributed by atoms with Crippen molar-refractivity contribution in [3.8, 4) is 44.6 Å². The molecule has 7 rings (SSSR count). The van der Waals surface area contributed by atoms with Crippen LogP contribution >= 0.6 is 34.0 Å². The predicted molar refractivity (Wildman–Crippen MR) is 192 cm³/mol. The van der Waals surface area contributed by atoms with E-state index >= 15 is 0 Å². The Hall–Kier alpha value is -3.30. The Labute approximate surface area is 284 Å². The van der Waals surface area contributed by atoms with Crippen LogP contribution in [-0.4, -0.2) is 40.0 Å². The summed E-state index contributed by atoms with van der Waals surface area (Å²) in [6, 6.07) is 17.8. The summed E-state index contributed by atoms with van der Waals surface area (Å²) >= 11 is 1.97. The molecule has 0 aliphatic rings. The highest BCUT2D eigenvalue weighted by molar-refractivity contribution is 7.94. The van der Waals surface area contributed by atoms with Crippen molar-refractivity contribution in [2.45, 2.75) is 47.4 Å². The fourth-order valence-corrected chi connectivity index (χ4v) is 11.0. The molecule has 1 aromatic carbocycles. The van der Waals surface area contributed by atoms with Crippen LogP contribution in [0.2, 0.25) is 0 Å². The van der Waals surface area contributed by atoms with Crippen molar-refractivity contribution in [1.29, 1.82) is 0 Å². The first kappa shape index (κ1) is 31.3. The number of aromatic nitrogens is 4. The Morgan fingerprint density at radius 1 is 0.935 bits per heavy atom. The lowest BCUT2D eigenvalue weighted by molar-refractivity contribution is 0.587. The molecule has 2 atom stereocenters. The second-order valence-corrected chi connectivity index (χ2v) is 17.7. The number of fused-ring (bicyclic) bond motifs is 2. The van der Waals surface area contributed by atoms with E-state index in [1.165, 1.54) is 22.7 Å². The molecule has 0 bridgehead atoms. The van der Waals surface area contributed by atoms with Gasteiger partial charge in [0.15, 0.2) is 5.76 Å². The largest absolute Gasteiger partial charge is 0.611 e. The van der Waals surface area contributed by atoms with E-state index < -0.39 is 22.4 Å². The molecular weight excluding hydrogens is 675 g/mol. The Kier molecular flexibility index (Phi) is 8.89. The Balaban J connectivity index is 1.21. The van der Waals surface area contributed by atoms with Gasteiger partial charge in [-0.25, -0.2) is 15.0 Å². The molecule has 6 heterocycles. The topological polar surface area (TPSA) is 137 Å². The molecule has 0 saturated heterocycles. The second kappa shape index (κ2) is 13.1. The van der Waals surface area contributed by atoms with Crippen LogP contribution < -0.4 is 5.73 Å². The van der Waals surface area contributed by atoms with Gasteiger partial charge < -0.3 is 19.3 Å². The number of unbranched alkanes of at least 4 members (excludes halogenated alkanes) is 1. The number of nitrogen functional groups attached to an aromatic ring is 1. The van der Waals surface area contributed by atoms with Gasteiger partial charge in [0.2, 0.25) is 10.1 Å².